The van der Waals surface area contributed by atoms with Crippen molar-refractivity contribution in [2.75, 3.05) is 0 Å². The van der Waals surface area contributed by atoms with Crippen LogP contribution >= 0.6 is 15.9 Å². The van der Waals surface area contributed by atoms with Gasteiger partial charge in [0.2, 0.25) is 0 Å². The summed E-state index contributed by atoms with van der Waals surface area (Å²) < 4.78 is 6.96. The Labute approximate surface area is 125 Å². The van der Waals surface area contributed by atoms with Crippen molar-refractivity contribution in [3.8, 4) is 0 Å². The summed E-state index contributed by atoms with van der Waals surface area (Å²) in [4.78, 5) is 0. The van der Waals surface area contributed by atoms with E-state index in [1.54, 1.807) is 0 Å². The second-order valence-corrected chi connectivity index (χ2v) is 6.52. The van der Waals surface area contributed by atoms with Crippen molar-refractivity contribution in [3.63, 3.8) is 0 Å². The van der Waals surface area contributed by atoms with E-state index in [0.717, 1.165) is 23.7 Å². The van der Waals surface area contributed by atoms with Crippen molar-refractivity contribution in [3.05, 3.63) is 34.3 Å². The van der Waals surface area contributed by atoms with Gasteiger partial charge in [0.25, 0.3) is 0 Å². The third-order valence-electron chi connectivity index (χ3n) is 3.79. The van der Waals surface area contributed by atoms with E-state index < -0.39 is 0 Å². The molecule has 0 aliphatic carbocycles. The van der Waals surface area contributed by atoms with Crippen LogP contribution in [0.1, 0.15) is 51.6 Å². The third kappa shape index (κ3) is 4.30. The zero-order valence-corrected chi connectivity index (χ0v) is 13.6. The zero-order valence-electron chi connectivity index (χ0n) is 12.0. The Kier molecular flexibility index (Phi) is 5.43. The van der Waals surface area contributed by atoms with E-state index in [4.69, 9.17) is 4.74 Å². The lowest BCUT2D eigenvalue weighted by molar-refractivity contribution is -0.0437. The molecule has 1 aromatic rings. The standard InChI is InChI=1S/C16H24BrNO/c1-4-16(13-6-5-7-14(17)10-13)18-15-8-11(2)19-12(3)9-15/h5-7,10-12,15-16,18H,4,8-9H2,1-3H3/t11-,12+,15?,16-/m1/s1. The van der Waals surface area contributed by atoms with Crippen LogP contribution in [0.3, 0.4) is 0 Å². The van der Waals surface area contributed by atoms with Crippen molar-refractivity contribution in [2.24, 2.45) is 0 Å². The smallest absolute Gasteiger partial charge is 0.0565 e. The predicted molar refractivity (Wildman–Crippen MR) is 83.3 cm³/mol. The van der Waals surface area contributed by atoms with E-state index in [9.17, 15) is 0 Å². The summed E-state index contributed by atoms with van der Waals surface area (Å²) in [7, 11) is 0. The quantitative estimate of drug-likeness (QED) is 0.883. The van der Waals surface area contributed by atoms with Crippen LogP contribution in [0, 0.1) is 0 Å². The zero-order chi connectivity index (χ0) is 13.8. The van der Waals surface area contributed by atoms with Crippen molar-refractivity contribution >= 4 is 15.9 Å². The fraction of sp³-hybridized carbons (Fsp3) is 0.625. The summed E-state index contributed by atoms with van der Waals surface area (Å²) >= 11 is 3.56. The molecule has 2 nitrogen and oxygen atoms in total. The Hall–Kier alpha value is -0.380. The van der Waals surface area contributed by atoms with E-state index in [2.05, 4.69) is 66.3 Å². The van der Waals surface area contributed by atoms with Crippen LogP contribution in [0.15, 0.2) is 28.7 Å². The summed E-state index contributed by atoms with van der Waals surface area (Å²) in [5.74, 6) is 0. The Morgan fingerprint density at radius 3 is 2.58 bits per heavy atom. The molecule has 0 saturated carbocycles. The molecule has 1 fully saturated rings. The molecule has 3 heteroatoms. The van der Waals surface area contributed by atoms with Gasteiger partial charge in [-0.25, -0.2) is 0 Å². The largest absolute Gasteiger partial charge is 0.375 e. The van der Waals surface area contributed by atoms with Crippen molar-refractivity contribution < 1.29 is 4.74 Å². The van der Waals surface area contributed by atoms with Crippen LogP contribution < -0.4 is 5.32 Å². The van der Waals surface area contributed by atoms with Crippen molar-refractivity contribution in [1.82, 2.24) is 5.32 Å². The minimum Gasteiger partial charge on any atom is -0.375 e. The van der Waals surface area contributed by atoms with Crippen LogP contribution in [0.5, 0.6) is 0 Å². The summed E-state index contributed by atoms with van der Waals surface area (Å²) in [5, 5.41) is 3.81. The molecule has 0 aromatic heterocycles. The predicted octanol–water partition coefficient (Wildman–Crippen LogP) is 4.45. The van der Waals surface area contributed by atoms with Gasteiger partial charge < -0.3 is 10.1 Å². The maximum atomic E-state index is 5.81. The van der Waals surface area contributed by atoms with E-state index in [-0.39, 0.29) is 0 Å². The second kappa shape index (κ2) is 6.87. The molecule has 4 atom stereocenters. The van der Waals surface area contributed by atoms with Gasteiger partial charge in [0.1, 0.15) is 0 Å². The number of hydrogen-bond acceptors (Lipinski definition) is 2. The van der Waals surface area contributed by atoms with Gasteiger partial charge >= 0.3 is 0 Å². The summed E-state index contributed by atoms with van der Waals surface area (Å²) in [5.41, 5.74) is 1.36. The van der Waals surface area contributed by atoms with Gasteiger partial charge in [-0.2, -0.15) is 0 Å². The van der Waals surface area contributed by atoms with Crippen molar-refractivity contribution in [1.29, 1.82) is 0 Å². The summed E-state index contributed by atoms with van der Waals surface area (Å²) in [6.45, 7) is 6.58. The highest BCUT2D eigenvalue weighted by Crippen LogP contribution is 2.25. The number of ether oxygens (including phenoxy) is 1. The van der Waals surface area contributed by atoms with Gasteiger partial charge in [0.15, 0.2) is 0 Å². The fourth-order valence-electron chi connectivity index (χ4n) is 3.00. The molecule has 0 radical (unpaired) electrons. The van der Waals surface area contributed by atoms with Gasteiger partial charge in [0, 0.05) is 16.6 Å². The molecule has 0 amide bonds. The minimum atomic E-state index is 0.362. The first-order chi connectivity index (χ1) is 9.08. The molecule has 19 heavy (non-hydrogen) atoms. The fourth-order valence-corrected chi connectivity index (χ4v) is 3.42. The number of rotatable bonds is 4. The van der Waals surface area contributed by atoms with E-state index in [0.29, 0.717) is 24.3 Å². The molecule has 1 unspecified atom stereocenters. The SMILES string of the molecule is CC[C@@H](NC1C[C@@H](C)O[C@@H](C)C1)c1cccc(Br)c1. The molecule has 0 spiro atoms. The van der Waals surface area contributed by atoms with E-state index in [1.807, 2.05) is 0 Å². The molecular weight excluding hydrogens is 302 g/mol. The van der Waals surface area contributed by atoms with Crippen LogP contribution in [-0.2, 0) is 4.74 Å². The van der Waals surface area contributed by atoms with E-state index >= 15 is 0 Å². The Morgan fingerprint density at radius 1 is 1.32 bits per heavy atom. The minimum absolute atomic E-state index is 0.362. The van der Waals surface area contributed by atoms with Crippen LogP contribution in [-0.4, -0.2) is 18.2 Å². The summed E-state index contributed by atoms with van der Waals surface area (Å²) in [6, 6.07) is 9.60. The molecule has 2 rings (SSSR count). The van der Waals surface area contributed by atoms with Gasteiger partial charge in [-0.05, 0) is 50.8 Å². The van der Waals surface area contributed by atoms with E-state index in [1.165, 1.54) is 5.56 Å². The second-order valence-electron chi connectivity index (χ2n) is 5.61. The lowest BCUT2D eigenvalue weighted by Gasteiger charge is -2.35. The molecule has 1 aliphatic heterocycles. The molecule has 1 heterocycles. The van der Waals surface area contributed by atoms with Gasteiger partial charge in [0.05, 0.1) is 12.2 Å². The number of benzene rings is 1. The highest BCUT2D eigenvalue weighted by atomic mass is 79.9. The Balaban J connectivity index is 2.02. The average molecular weight is 326 g/mol. The third-order valence-corrected chi connectivity index (χ3v) is 4.29. The molecule has 0 bridgehead atoms. The molecule has 106 valence electrons. The maximum absolute atomic E-state index is 5.81. The maximum Gasteiger partial charge on any atom is 0.0565 e. The highest BCUT2D eigenvalue weighted by molar-refractivity contribution is 9.10. The van der Waals surface area contributed by atoms with Crippen molar-refractivity contribution in [2.45, 2.75) is 64.3 Å². The lowest BCUT2D eigenvalue weighted by atomic mass is 9.96. The molecule has 1 saturated heterocycles. The number of halogens is 1. The molecule has 1 aromatic carbocycles. The van der Waals surface area contributed by atoms with Gasteiger partial charge in [-0.15, -0.1) is 0 Å². The van der Waals surface area contributed by atoms with Crippen LogP contribution in [0.2, 0.25) is 0 Å². The van der Waals surface area contributed by atoms with Gasteiger partial charge in [-0.1, -0.05) is 35.0 Å². The number of nitrogens with one attached hydrogen (secondary N) is 1. The average Bonchev–Trinajstić information content (AvgIpc) is 2.34. The topological polar surface area (TPSA) is 21.3 Å². The van der Waals surface area contributed by atoms with Crippen LogP contribution in [0.25, 0.3) is 0 Å². The monoisotopic (exact) mass is 325 g/mol. The van der Waals surface area contributed by atoms with Crippen LogP contribution in [0.4, 0.5) is 0 Å². The molecule has 1 N–H and O–H groups in total. The van der Waals surface area contributed by atoms with Gasteiger partial charge in [-0.3, -0.25) is 0 Å². The first-order valence-corrected chi connectivity index (χ1v) is 8.04. The first-order valence-electron chi connectivity index (χ1n) is 7.25. The molecule has 1 aliphatic rings. The highest BCUT2D eigenvalue weighted by Gasteiger charge is 2.26. The molecular formula is C16H24BrNO. The summed E-state index contributed by atoms with van der Waals surface area (Å²) in [6.07, 6.45) is 4.04. The Bertz CT molecular complexity index is 399. The normalized spacial score (nSPS) is 29.2. The number of hydrogen-bond donors (Lipinski definition) is 1. The first kappa shape index (κ1) is 15.0. The Morgan fingerprint density at radius 2 is 2.00 bits per heavy atom. The lowest BCUT2D eigenvalue weighted by Crippen LogP contribution is -2.42.